The number of carbonyl (C=O) groups excluding carboxylic acids is 1. The summed E-state index contributed by atoms with van der Waals surface area (Å²) >= 11 is 0. The molecule has 0 saturated carbocycles. The van der Waals surface area contributed by atoms with Crippen molar-refractivity contribution in [2.45, 2.75) is 39.5 Å². The number of piperidine rings is 1. The number of ether oxygens (including phenoxy) is 1. The van der Waals surface area contributed by atoms with E-state index in [4.69, 9.17) is 10.5 Å². The lowest BCUT2D eigenvalue weighted by Gasteiger charge is -2.41. The molecule has 0 aliphatic carbocycles. The smallest absolute Gasteiger partial charge is 0.259 e. The van der Waals surface area contributed by atoms with E-state index < -0.39 is 0 Å². The molecule has 21 heavy (non-hydrogen) atoms. The fourth-order valence-electron chi connectivity index (χ4n) is 3.25. The number of methoxy groups -OCH3 is 1. The predicted molar refractivity (Wildman–Crippen MR) is 85.6 cm³/mol. The van der Waals surface area contributed by atoms with Crippen LogP contribution in [0.3, 0.4) is 0 Å². The summed E-state index contributed by atoms with van der Waals surface area (Å²) in [6.45, 7) is 6.11. The van der Waals surface area contributed by atoms with Crippen LogP contribution in [0.15, 0.2) is 18.2 Å². The molecule has 0 aromatic heterocycles. The number of hydrogen-bond donors (Lipinski definition) is 1. The van der Waals surface area contributed by atoms with Gasteiger partial charge in [-0.1, -0.05) is 32.8 Å². The fourth-order valence-corrected chi connectivity index (χ4v) is 3.25. The van der Waals surface area contributed by atoms with Crippen molar-refractivity contribution in [1.82, 2.24) is 4.90 Å². The number of likely N-dealkylation sites (tertiary alicyclic amines) is 1. The van der Waals surface area contributed by atoms with Gasteiger partial charge in [0.1, 0.15) is 11.3 Å². The highest BCUT2D eigenvalue weighted by Gasteiger charge is 2.34. The number of anilines is 1. The molecule has 0 bridgehead atoms. The molecule has 1 aliphatic heterocycles. The van der Waals surface area contributed by atoms with Gasteiger partial charge >= 0.3 is 0 Å². The monoisotopic (exact) mass is 290 g/mol. The first-order chi connectivity index (χ1) is 10.1. The Morgan fingerprint density at radius 3 is 2.43 bits per heavy atom. The van der Waals surface area contributed by atoms with Crippen LogP contribution in [0, 0.1) is 5.41 Å². The molecule has 0 unspecified atom stereocenters. The third-order valence-corrected chi connectivity index (χ3v) is 5.10. The molecule has 0 radical (unpaired) electrons. The molecule has 116 valence electrons. The molecule has 1 heterocycles. The number of rotatable bonds is 4. The van der Waals surface area contributed by atoms with Crippen LogP contribution < -0.4 is 10.5 Å². The van der Waals surface area contributed by atoms with Gasteiger partial charge in [-0.2, -0.15) is 0 Å². The first kappa shape index (κ1) is 15.7. The van der Waals surface area contributed by atoms with Gasteiger partial charge in [-0.3, -0.25) is 4.79 Å². The number of carbonyl (C=O) groups is 1. The number of benzene rings is 1. The van der Waals surface area contributed by atoms with E-state index in [-0.39, 0.29) is 5.91 Å². The van der Waals surface area contributed by atoms with E-state index in [0.29, 0.717) is 22.4 Å². The van der Waals surface area contributed by atoms with E-state index >= 15 is 0 Å². The van der Waals surface area contributed by atoms with Crippen LogP contribution in [0.2, 0.25) is 0 Å². The molecule has 0 spiro atoms. The average Bonchev–Trinajstić information content (AvgIpc) is 2.54. The van der Waals surface area contributed by atoms with Crippen molar-refractivity contribution in [1.29, 1.82) is 0 Å². The molecule has 0 atom stereocenters. The van der Waals surface area contributed by atoms with E-state index in [1.807, 2.05) is 4.90 Å². The summed E-state index contributed by atoms with van der Waals surface area (Å²) in [5.41, 5.74) is 7.38. The Balaban J connectivity index is 2.16. The highest BCUT2D eigenvalue weighted by molar-refractivity contribution is 6.01. The summed E-state index contributed by atoms with van der Waals surface area (Å²) in [6, 6.07) is 5.35. The van der Waals surface area contributed by atoms with Gasteiger partial charge in [-0.15, -0.1) is 0 Å². The topological polar surface area (TPSA) is 55.6 Å². The standard InChI is InChI=1S/C17H26N2O2/c1-4-17(5-2)9-11-19(12-10-17)16(20)15-13(18)7-6-8-14(15)21-3/h6-8H,4-5,9-12,18H2,1-3H3. The molecular weight excluding hydrogens is 264 g/mol. The second-order valence-corrected chi connectivity index (χ2v) is 5.92. The molecule has 2 rings (SSSR count). The van der Waals surface area contributed by atoms with Crippen LogP contribution in [-0.2, 0) is 0 Å². The molecule has 1 aromatic rings. The summed E-state index contributed by atoms with van der Waals surface area (Å²) < 4.78 is 5.29. The zero-order valence-electron chi connectivity index (χ0n) is 13.3. The van der Waals surface area contributed by atoms with Crippen LogP contribution >= 0.6 is 0 Å². The molecule has 1 fully saturated rings. The summed E-state index contributed by atoms with van der Waals surface area (Å²) in [5, 5.41) is 0. The minimum Gasteiger partial charge on any atom is -0.496 e. The Morgan fingerprint density at radius 1 is 1.29 bits per heavy atom. The zero-order chi connectivity index (χ0) is 15.5. The summed E-state index contributed by atoms with van der Waals surface area (Å²) in [7, 11) is 1.57. The third-order valence-electron chi connectivity index (χ3n) is 5.10. The van der Waals surface area contributed by atoms with Crippen LogP contribution in [0.4, 0.5) is 5.69 Å². The minimum atomic E-state index is -0.00856. The van der Waals surface area contributed by atoms with Crippen molar-refractivity contribution in [3.8, 4) is 5.75 Å². The normalized spacial score (nSPS) is 17.6. The Kier molecular flexibility index (Phi) is 4.76. The summed E-state index contributed by atoms with van der Waals surface area (Å²) in [4.78, 5) is 14.7. The quantitative estimate of drug-likeness (QED) is 0.865. The number of nitrogens with zero attached hydrogens (tertiary/aromatic N) is 1. The van der Waals surface area contributed by atoms with Crippen molar-refractivity contribution >= 4 is 11.6 Å². The second kappa shape index (κ2) is 6.37. The zero-order valence-corrected chi connectivity index (χ0v) is 13.3. The van der Waals surface area contributed by atoms with Gasteiger partial charge < -0.3 is 15.4 Å². The number of nitrogens with two attached hydrogens (primary N) is 1. The van der Waals surface area contributed by atoms with Gasteiger partial charge in [-0.25, -0.2) is 0 Å². The molecule has 1 aromatic carbocycles. The Hall–Kier alpha value is -1.71. The van der Waals surface area contributed by atoms with E-state index in [2.05, 4.69) is 13.8 Å². The van der Waals surface area contributed by atoms with Crippen molar-refractivity contribution in [2.75, 3.05) is 25.9 Å². The van der Waals surface area contributed by atoms with Crippen LogP contribution in [0.5, 0.6) is 5.75 Å². The lowest BCUT2D eigenvalue weighted by molar-refractivity contribution is 0.0556. The van der Waals surface area contributed by atoms with Crippen LogP contribution in [0.25, 0.3) is 0 Å². The van der Waals surface area contributed by atoms with E-state index in [1.54, 1.807) is 25.3 Å². The second-order valence-electron chi connectivity index (χ2n) is 5.92. The lowest BCUT2D eigenvalue weighted by Crippen LogP contribution is -2.43. The maximum absolute atomic E-state index is 12.8. The molecule has 1 saturated heterocycles. The van der Waals surface area contributed by atoms with Gasteiger partial charge in [0.15, 0.2) is 0 Å². The summed E-state index contributed by atoms with van der Waals surface area (Å²) in [5.74, 6) is 0.550. The minimum absolute atomic E-state index is 0.00856. The van der Waals surface area contributed by atoms with Crippen molar-refractivity contribution in [3.63, 3.8) is 0 Å². The average molecular weight is 290 g/mol. The predicted octanol–water partition coefficient (Wildman–Crippen LogP) is 3.32. The molecule has 4 heteroatoms. The maximum Gasteiger partial charge on any atom is 0.259 e. The largest absolute Gasteiger partial charge is 0.496 e. The van der Waals surface area contributed by atoms with Crippen molar-refractivity contribution in [2.24, 2.45) is 5.41 Å². The van der Waals surface area contributed by atoms with Crippen LogP contribution in [-0.4, -0.2) is 31.0 Å². The number of amides is 1. The van der Waals surface area contributed by atoms with Crippen molar-refractivity contribution < 1.29 is 9.53 Å². The first-order valence-corrected chi connectivity index (χ1v) is 7.78. The SMILES string of the molecule is CCC1(CC)CCN(C(=O)c2c(N)cccc2OC)CC1. The number of nitrogen functional groups attached to an aromatic ring is 1. The van der Waals surface area contributed by atoms with Gasteiger partial charge in [0.2, 0.25) is 0 Å². The first-order valence-electron chi connectivity index (χ1n) is 7.78. The molecule has 1 amide bonds. The molecule has 1 aliphatic rings. The Labute approximate surface area is 127 Å². The van der Waals surface area contributed by atoms with Gasteiger partial charge in [0, 0.05) is 18.8 Å². The van der Waals surface area contributed by atoms with Crippen molar-refractivity contribution in [3.05, 3.63) is 23.8 Å². The van der Waals surface area contributed by atoms with E-state index in [0.717, 1.165) is 25.9 Å². The lowest BCUT2D eigenvalue weighted by atomic mass is 9.74. The Bertz CT molecular complexity index is 500. The molecular formula is C17H26N2O2. The third kappa shape index (κ3) is 2.99. The maximum atomic E-state index is 12.8. The fraction of sp³-hybridized carbons (Fsp3) is 0.588. The van der Waals surface area contributed by atoms with Gasteiger partial charge in [-0.05, 0) is 30.4 Å². The highest BCUT2D eigenvalue weighted by Crippen LogP contribution is 2.38. The van der Waals surface area contributed by atoms with Gasteiger partial charge in [0.25, 0.3) is 5.91 Å². The van der Waals surface area contributed by atoms with Crippen LogP contribution in [0.1, 0.15) is 49.9 Å². The summed E-state index contributed by atoms with van der Waals surface area (Å²) in [6.07, 6.45) is 4.51. The van der Waals surface area contributed by atoms with E-state index in [1.165, 1.54) is 12.8 Å². The molecule has 4 nitrogen and oxygen atoms in total. The highest BCUT2D eigenvalue weighted by atomic mass is 16.5. The van der Waals surface area contributed by atoms with E-state index in [9.17, 15) is 4.79 Å². The Morgan fingerprint density at radius 2 is 1.90 bits per heavy atom. The van der Waals surface area contributed by atoms with Gasteiger partial charge in [0.05, 0.1) is 7.11 Å². The number of hydrogen-bond acceptors (Lipinski definition) is 3. The molecule has 2 N–H and O–H groups in total.